The molecule has 0 bridgehead atoms. The van der Waals surface area contributed by atoms with Crippen molar-refractivity contribution < 1.29 is 9.84 Å². The highest BCUT2D eigenvalue weighted by Gasteiger charge is 2.08. The second-order valence-corrected chi connectivity index (χ2v) is 4.27. The van der Waals surface area contributed by atoms with Crippen molar-refractivity contribution in [3.05, 3.63) is 23.8 Å². The van der Waals surface area contributed by atoms with E-state index in [2.05, 4.69) is 18.7 Å². The predicted octanol–water partition coefficient (Wildman–Crippen LogP) is 3.02. The van der Waals surface area contributed by atoms with E-state index in [-0.39, 0.29) is 0 Å². The first-order valence-electron chi connectivity index (χ1n) is 6.29. The summed E-state index contributed by atoms with van der Waals surface area (Å²) in [5, 5.41) is 9.83. The molecule has 1 aromatic rings. The maximum Gasteiger partial charge on any atom is 0.120 e. The monoisotopic (exact) mass is 237 g/mol. The van der Waals surface area contributed by atoms with E-state index in [0.717, 1.165) is 43.8 Å². The highest BCUT2D eigenvalue weighted by Crippen LogP contribution is 2.24. The summed E-state index contributed by atoms with van der Waals surface area (Å²) in [7, 11) is 1.64. The largest absolute Gasteiger partial charge is 0.508 e. The normalized spacial score (nSPS) is 10.8. The van der Waals surface area contributed by atoms with Crippen LogP contribution in [0.2, 0.25) is 0 Å². The fraction of sp³-hybridized carbons (Fsp3) is 0.571. The van der Waals surface area contributed by atoms with Gasteiger partial charge in [0.05, 0.1) is 7.11 Å². The third-order valence-electron chi connectivity index (χ3n) is 2.76. The first kappa shape index (κ1) is 13.8. The lowest BCUT2D eigenvalue weighted by Crippen LogP contribution is -2.24. The van der Waals surface area contributed by atoms with Gasteiger partial charge < -0.3 is 9.84 Å². The highest BCUT2D eigenvalue weighted by atomic mass is 16.5. The molecule has 0 amide bonds. The van der Waals surface area contributed by atoms with Crippen molar-refractivity contribution >= 4 is 0 Å². The van der Waals surface area contributed by atoms with E-state index in [1.165, 1.54) is 0 Å². The number of hydrogen-bond acceptors (Lipinski definition) is 3. The molecule has 0 heterocycles. The summed E-state index contributed by atoms with van der Waals surface area (Å²) >= 11 is 0. The van der Waals surface area contributed by atoms with Gasteiger partial charge in [-0.15, -0.1) is 0 Å². The van der Waals surface area contributed by atoms with E-state index in [4.69, 9.17) is 4.74 Å². The molecule has 0 saturated carbocycles. The van der Waals surface area contributed by atoms with Crippen molar-refractivity contribution in [2.45, 2.75) is 33.2 Å². The Morgan fingerprint density at radius 3 is 2.35 bits per heavy atom. The van der Waals surface area contributed by atoms with Gasteiger partial charge in [-0.1, -0.05) is 13.8 Å². The molecule has 0 aliphatic heterocycles. The van der Waals surface area contributed by atoms with Crippen LogP contribution < -0.4 is 4.74 Å². The van der Waals surface area contributed by atoms with Crippen LogP contribution in [0.1, 0.15) is 32.3 Å². The molecule has 96 valence electrons. The van der Waals surface area contributed by atoms with Crippen LogP contribution in [0.25, 0.3) is 0 Å². The fourth-order valence-electron chi connectivity index (χ4n) is 1.96. The number of phenols is 1. The van der Waals surface area contributed by atoms with Gasteiger partial charge in [0.2, 0.25) is 0 Å². The van der Waals surface area contributed by atoms with E-state index in [1.54, 1.807) is 19.2 Å². The lowest BCUT2D eigenvalue weighted by molar-refractivity contribution is 0.262. The third kappa shape index (κ3) is 4.27. The Hall–Kier alpha value is -1.22. The molecular formula is C14H23NO2. The lowest BCUT2D eigenvalue weighted by atomic mass is 10.1. The average molecular weight is 237 g/mol. The van der Waals surface area contributed by atoms with Crippen LogP contribution in [0.3, 0.4) is 0 Å². The Morgan fingerprint density at radius 1 is 1.18 bits per heavy atom. The molecule has 0 saturated heterocycles. The molecule has 0 radical (unpaired) electrons. The lowest BCUT2D eigenvalue weighted by Gasteiger charge is -2.21. The number of ether oxygens (including phenoxy) is 1. The summed E-state index contributed by atoms with van der Waals surface area (Å²) in [5.41, 5.74) is 0.936. The summed E-state index contributed by atoms with van der Waals surface area (Å²) in [4.78, 5) is 2.36. The molecule has 0 atom stereocenters. The Bertz CT molecular complexity index is 333. The molecule has 3 nitrogen and oxygen atoms in total. The zero-order chi connectivity index (χ0) is 12.7. The minimum absolute atomic E-state index is 0.350. The van der Waals surface area contributed by atoms with Gasteiger partial charge in [-0.2, -0.15) is 0 Å². The van der Waals surface area contributed by atoms with Crippen LogP contribution in [-0.2, 0) is 6.54 Å². The van der Waals surface area contributed by atoms with Crippen LogP contribution in [0.15, 0.2) is 18.2 Å². The number of aromatic hydroxyl groups is 1. The van der Waals surface area contributed by atoms with Crippen molar-refractivity contribution in [2.24, 2.45) is 0 Å². The highest BCUT2D eigenvalue weighted by molar-refractivity contribution is 5.39. The van der Waals surface area contributed by atoms with Gasteiger partial charge >= 0.3 is 0 Å². The van der Waals surface area contributed by atoms with E-state index < -0.39 is 0 Å². The Kier molecular flexibility index (Phi) is 5.84. The van der Waals surface area contributed by atoms with Crippen LogP contribution in [0.4, 0.5) is 0 Å². The van der Waals surface area contributed by atoms with Gasteiger partial charge in [-0.3, -0.25) is 4.90 Å². The number of phenolic OH excluding ortho intramolecular Hbond substituents is 1. The summed E-state index contributed by atoms with van der Waals surface area (Å²) in [6, 6.07) is 5.39. The first-order chi connectivity index (χ1) is 8.21. The minimum Gasteiger partial charge on any atom is -0.508 e. The number of nitrogens with zero attached hydrogens (tertiary/aromatic N) is 1. The summed E-state index contributed by atoms with van der Waals surface area (Å²) in [5.74, 6) is 1.15. The zero-order valence-corrected chi connectivity index (χ0v) is 11.1. The second kappa shape index (κ2) is 7.17. The van der Waals surface area contributed by atoms with Crippen LogP contribution in [-0.4, -0.2) is 30.2 Å². The Labute approximate surface area is 104 Å². The number of methoxy groups -OCH3 is 1. The molecule has 1 rings (SSSR count). The SMILES string of the molecule is CCCN(CCC)Cc1cc(OC)ccc1O. The molecule has 0 aliphatic carbocycles. The van der Waals surface area contributed by atoms with Crippen molar-refractivity contribution in [1.82, 2.24) is 4.90 Å². The molecule has 0 unspecified atom stereocenters. The van der Waals surface area contributed by atoms with Gasteiger partial charge in [0, 0.05) is 12.1 Å². The molecule has 0 spiro atoms. The van der Waals surface area contributed by atoms with Gasteiger partial charge in [-0.05, 0) is 44.1 Å². The Morgan fingerprint density at radius 2 is 1.82 bits per heavy atom. The van der Waals surface area contributed by atoms with Crippen LogP contribution >= 0.6 is 0 Å². The summed E-state index contributed by atoms with van der Waals surface area (Å²) < 4.78 is 5.18. The minimum atomic E-state index is 0.350. The van der Waals surface area contributed by atoms with E-state index in [0.29, 0.717) is 5.75 Å². The van der Waals surface area contributed by atoms with Crippen LogP contribution in [0.5, 0.6) is 11.5 Å². The van der Waals surface area contributed by atoms with Gasteiger partial charge in [0.1, 0.15) is 11.5 Å². The molecule has 0 fully saturated rings. The zero-order valence-electron chi connectivity index (χ0n) is 11.1. The number of benzene rings is 1. The molecule has 17 heavy (non-hydrogen) atoms. The van der Waals surface area contributed by atoms with E-state index in [1.807, 2.05) is 6.07 Å². The fourth-order valence-corrected chi connectivity index (χ4v) is 1.96. The average Bonchev–Trinajstić information content (AvgIpc) is 2.32. The molecule has 1 N–H and O–H groups in total. The maximum absolute atomic E-state index is 9.83. The number of rotatable bonds is 7. The Balaban J connectivity index is 2.76. The van der Waals surface area contributed by atoms with Gasteiger partial charge in [0.25, 0.3) is 0 Å². The van der Waals surface area contributed by atoms with E-state index >= 15 is 0 Å². The standard InChI is InChI=1S/C14H23NO2/c1-4-8-15(9-5-2)11-12-10-13(17-3)6-7-14(12)16/h6-7,10,16H,4-5,8-9,11H2,1-3H3. The molecule has 1 aromatic carbocycles. The smallest absolute Gasteiger partial charge is 0.120 e. The van der Waals surface area contributed by atoms with Gasteiger partial charge in [-0.25, -0.2) is 0 Å². The first-order valence-corrected chi connectivity index (χ1v) is 6.29. The second-order valence-electron chi connectivity index (χ2n) is 4.27. The summed E-state index contributed by atoms with van der Waals surface area (Å²) in [6.07, 6.45) is 2.26. The van der Waals surface area contributed by atoms with Crippen molar-refractivity contribution in [3.63, 3.8) is 0 Å². The molecular weight excluding hydrogens is 214 g/mol. The predicted molar refractivity (Wildman–Crippen MR) is 70.5 cm³/mol. The summed E-state index contributed by atoms with van der Waals surface area (Å²) in [6.45, 7) is 7.25. The van der Waals surface area contributed by atoms with Crippen molar-refractivity contribution in [1.29, 1.82) is 0 Å². The van der Waals surface area contributed by atoms with E-state index in [9.17, 15) is 5.11 Å². The quantitative estimate of drug-likeness (QED) is 0.791. The molecule has 0 aliphatic rings. The number of hydrogen-bond donors (Lipinski definition) is 1. The van der Waals surface area contributed by atoms with Crippen LogP contribution in [0, 0.1) is 0 Å². The molecule has 0 aromatic heterocycles. The topological polar surface area (TPSA) is 32.7 Å². The maximum atomic E-state index is 9.83. The third-order valence-corrected chi connectivity index (χ3v) is 2.76. The van der Waals surface area contributed by atoms with Gasteiger partial charge in [0.15, 0.2) is 0 Å². The molecule has 3 heteroatoms. The van der Waals surface area contributed by atoms with Crippen molar-refractivity contribution in [3.8, 4) is 11.5 Å². The van der Waals surface area contributed by atoms with Crippen molar-refractivity contribution in [2.75, 3.05) is 20.2 Å².